The van der Waals surface area contributed by atoms with E-state index in [4.69, 9.17) is 10.7 Å². The van der Waals surface area contributed by atoms with Gasteiger partial charge < -0.3 is 10.3 Å². The highest BCUT2D eigenvalue weighted by Crippen LogP contribution is 2.39. The van der Waals surface area contributed by atoms with Gasteiger partial charge in [-0.3, -0.25) is 9.98 Å². The molecule has 4 rings (SSSR count). The highest BCUT2D eigenvalue weighted by atomic mass is 15.1. The summed E-state index contributed by atoms with van der Waals surface area (Å²) in [7, 11) is 0. The average Bonchev–Trinajstić information content (AvgIpc) is 3.28. The second kappa shape index (κ2) is 6.72. The summed E-state index contributed by atoms with van der Waals surface area (Å²) in [4.78, 5) is 11.7. The second-order valence-corrected chi connectivity index (χ2v) is 7.12. The molecule has 1 fully saturated rings. The summed E-state index contributed by atoms with van der Waals surface area (Å²) < 4.78 is 1.89. The Kier molecular flexibility index (Phi) is 4.24. The molecule has 1 aliphatic carbocycles. The van der Waals surface area contributed by atoms with Crippen LogP contribution in [0.1, 0.15) is 28.2 Å². The van der Waals surface area contributed by atoms with Crippen LogP contribution >= 0.6 is 0 Å². The first-order valence-corrected chi connectivity index (χ1v) is 8.98. The fourth-order valence-electron chi connectivity index (χ4n) is 4.01. The smallest absolute Gasteiger partial charge is 0.154 e. The standard InChI is InChI=1S/C20H21N7.2H2/c1-12-7-15(26-19-4-3-14(9-21)10-24-19)8-16(12)13(2)27-17-5-6-23-20(17)25-11-18(27)22;;/h3-6,10-12,15-16,22-23H,2,7-8H2,1H3,(H,24,26);2*1H/t12-,15+,16+;;/m0../s1. The van der Waals surface area contributed by atoms with Crippen LogP contribution in [-0.4, -0.2) is 25.6 Å². The van der Waals surface area contributed by atoms with Crippen molar-refractivity contribution in [1.82, 2.24) is 19.5 Å². The Hall–Kier alpha value is -3.40. The van der Waals surface area contributed by atoms with E-state index in [9.17, 15) is 0 Å². The maximum Gasteiger partial charge on any atom is 0.154 e. The lowest BCUT2D eigenvalue weighted by Crippen LogP contribution is -2.24. The molecule has 0 saturated heterocycles. The summed E-state index contributed by atoms with van der Waals surface area (Å²) in [6, 6.07) is 7.90. The lowest BCUT2D eigenvalue weighted by Gasteiger charge is -2.21. The molecule has 0 spiro atoms. The molecule has 3 atom stereocenters. The molecule has 0 radical (unpaired) electrons. The van der Waals surface area contributed by atoms with Crippen molar-refractivity contribution < 1.29 is 2.85 Å². The second-order valence-electron chi connectivity index (χ2n) is 7.12. The zero-order chi connectivity index (χ0) is 19.0. The molecule has 0 bridgehead atoms. The number of aromatic amines is 1. The molecular formula is C20H25N7. The van der Waals surface area contributed by atoms with Crippen LogP contribution in [0.25, 0.3) is 16.9 Å². The first-order chi connectivity index (χ1) is 13.1. The maximum absolute atomic E-state index is 8.89. The first kappa shape index (κ1) is 17.0. The molecule has 0 aliphatic heterocycles. The van der Waals surface area contributed by atoms with Gasteiger partial charge in [-0.05, 0) is 37.0 Å². The van der Waals surface area contributed by atoms with Crippen LogP contribution in [0.2, 0.25) is 0 Å². The Balaban J connectivity index is 0.00000150. The SMILES string of the molecule is C=C([C@@H]1C[C@H](Nc2ccc(C#N)cn2)C[C@@H]1C)n1c(=N)cnc2[nH]ccc21.[HH].[HH]. The zero-order valence-corrected chi connectivity index (χ0v) is 15.1. The van der Waals surface area contributed by atoms with Crippen LogP contribution < -0.4 is 10.8 Å². The Morgan fingerprint density at radius 2 is 2.22 bits per heavy atom. The highest BCUT2D eigenvalue weighted by Gasteiger charge is 2.34. The van der Waals surface area contributed by atoms with E-state index in [2.05, 4.69) is 39.8 Å². The van der Waals surface area contributed by atoms with Gasteiger partial charge in [0.05, 0.1) is 17.3 Å². The Morgan fingerprint density at radius 1 is 1.37 bits per heavy atom. The van der Waals surface area contributed by atoms with Crippen molar-refractivity contribution >= 4 is 22.7 Å². The quantitative estimate of drug-likeness (QED) is 0.658. The topological polar surface area (TPSA) is 106 Å². The number of allylic oxidation sites excluding steroid dienone is 1. The number of hydrogen-bond acceptors (Lipinski definition) is 5. The van der Waals surface area contributed by atoms with Crippen molar-refractivity contribution in [3.05, 3.63) is 54.4 Å². The highest BCUT2D eigenvalue weighted by molar-refractivity contribution is 5.75. The van der Waals surface area contributed by atoms with E-state index < -0.39 is 0 Å². The van der Waals surface area contributed by atoms with Crippen molar-refractivity contribution in [1.29, 1.82) is 10.7 Å². The number of pyridine rings is 1. The number of rotatable bonds is 4. The minimum Gasteiger partial charge on any atom is -0.367 e. The van der Waals surface area contributed by atoms with Crippen molar-refractivity contribution in [2.24, 2.45) is 11.8 Å². The number of H-pyrrole nitrogens is 1. The van der Waals surface area contributed by atoms with Crippen LogP contribution in [0.3, 0.4) is 0 Å². The predicted molar refractivity (Wildman–Crippen MR) is 108 cm³/mol. The van der Waals surface area contributed by atoms with E-state index in [0.29, 0.717) is 17.0 Å². The normalized spacial score (nSPS) is 21.9. The monoisotopic (exact) mass is 363 g/mol. The van der Waals surface area contributed by atoms with Crippen molar-refractivity contribution in [3.8, 4) is 6.07 Å². The summed E-state index contributed by atoms with van der Waals surface area (Å²) in [6.45, 7) is 6.56. The third kappa shape index (κ3) is 3.10. The molecule has 7 nitrogen and oxygen atoms in total. The zero-order valence-electron chi connectivity index (χ0n) is 15.1. The number of anilines is 1. The molecule has 3 aromatic rings. The molecule has 27 heavy (non-hydrogen) atoms. The molecule has 1 saturated carbocycles. The molecule has 0 unspecified atom stereocenters. The molecular weight excluding hydrogens is 338 g/mol. The third-order valence-electron chi connectivity index (χ3n) is 5.34. The molecule has 0 aromatic carbocycles. The third-order valence-corrected chi connectivity index (χ3v) is 5.34. The van der Waals surface area contributed by atoms with Gasteiger partial charge in [0, 0.05) is 32.9 Å². The van der Waals surface area contributed by atoms with Gasteiger partial charge in [0.15, 0.2) is 5.65 Å². The minimum atomic E-state index is 0. The maximum atomic E-state index is 8.89. The van der Waals surface area contributed by atoms with Gasteiger partial charge in [-0.15, -0.1) is 0 Å². The van der Waals surface area contributed by atoms with Crippen LogP contribution in [0.4, 0.5) is 5.82 Å². The number of hydrogen-bond donors (Lipinski definition) is 3. The summed E-state index contributed by atoms with van der Waals surface area (Å²) in [5, 5.41) is 20.7. The fraction of sp³-hybridized carbons (Fsp3) is 0.300. The first-order valence-electron chi connectivity index (χ1n) is 8.98. The number of nitrogens with zero attached hydrogens (tertiary/aromatic N) is 4. The van der Waals surface area contributed by atoms with Gasteiger partial charge in [-0.1, -0.05) is 13.5 Å². The number of aromatic nitrogens is 4. The fourth-order valence-corrected chi connectivity index (χ4v) is 4.01. The van der Waals surface area contributed by atoms with E-state index >= 15 is 0 Å². The van der Waals surface area contributed by atoms with Crippen LogP contribution in [0.5, 0.6) is 0 Å². The Bertz CT molecular complexity index is 1090. The summed E-state index contributed by atoms with van der Waals surface area (Å²) in [6.07, 6.45) is 6.89. The average molecular weight is 363 g/mol. The Morgan fingerprint density at radius 3 is 2.96 bits per heavy atom. The molecule has 3 heterocycles. The lowest BCUT2D eigenvalue weighted by molar-refractivity contribution is 0.501. The van der Waals surface area contributed by atoms with Crippen LogP contribution in [0.15, 0.2) is 43.4 Å². The van der Waals surface area contributed by atoms with Gasteiger partial charge in [0.1, 0.15) is 17.4 Å². The van der Waals surface area contributed by atoms with Gasteiger partial charge in [0.2, 0.25) is 0 Å². The van der Waals surface area contributed by atoms with Crippen molar-refractivity contribution in [2.75, 3.05) is 5.32 Å². The predicted octanol–water partition coefficient (Wildman–Crippen LogP) is 3.60. The van der Waals surface area contributed by atoms with Crippen molar-refractivity contribution in [3.63, 3.8) is 0 Å². The molecule has 0 amide bonds. The van der Waals surface area contributed by atoms with Gasteiger partial charge in [-0.25, -0.2) is 9.97 Å². The van der Waals surface area contributed by atoms with E-state index in [1.807, 2.05) is 22.9 Å². The summed E-state index contributed by atoms with van der Waals surface area (Å²) in [5.74, 6) is 1.47. The largest absolute Gasteiger partial charge is 0.367 e. The lowest BCUT2D eigenvalue weighted by atomic mass is 9.95. The summed E-state index contributed by atoms with van der Waals surface area (Å²) in [5.41, 5.74) is 3.46. The summed E-state index contributed by atoms with van der Waals surface area (Å²) >= 11 is 0. The van der Waals surface area contributed by atoms with Crippen LogP contribution in [0, 0.1) is 28.6 Å². The Labute approximate surface area is 159 Å². The number of fused-ring (bicyclic) bond motifs is 1. The molecule has 7 heteroatoms. The van der Waals surface area contributed by atoms with E-state index in [-0.39, 0.29) is 14.8 Å². The van der Waals surface area contributed by atoms with E-state index in [0.717, 1.165) is 35.5 Å². The van der Waals surface area contributed by atoms with Crippen molar-refractivity contribution in [2.45, 2.75) is 25.8 Å². The van der Waals surface area contributed by atoms with Crippen LogP contribution in [-0.2, 0) is 0 Å². The molecule has 140 valence electrons. The van der Waals surface area contributed by atoms with Gasteiger partial charge in [-0.2, -0.15) is 5.26 Å². The van der Waals surface area contributed by atoms with Gasteiger partial charge in [0.25, 0.3) is 0 Å². The number of nitriles is 1. The number of nitrogens with one attached hydrogen (secondary N) is 3. The van der Waals surface area contributed by atoms with E-state index in [1.165, 1.54) is 0 Å². The molecule has 3 N–H and O–H groups in total. The van der Waals surface area contributed by atoms with Gasteiger partial charge >= 0.3 is 0 Å². The molecule has 1 aliphatic rings. The van der Waals surface area contributed by atoms with E-state index in [1.54, 1.807) is 18.5 Å². The minimum absolute atomic E-state index is 0. The molecule has 3 aromatic heterocycles.